The van der Waals surface area contributed by atoms with Crippen LogP contribution in [0, 0.1) is 23.2 Å². The molecule has 0 saturated carbocycles. The Balaban J connectivity index is 1.30. The topological polar surface area (TPSA) is 117 Å². The number of aromatic nitrogens is 2. The third-order valence-corrected chi connectivity index (χ3v) is 5.80. The van der Waals surface area contributed by atoms with Gasteiger partial charge >= 0.3 is 0 Å². The van der Waals surface area contributed by atoms with Gasteiger partial charge in [-0.2, -0.15) is 5.26 Å². The van der Waals surface area contributed by atoms with E-state index < -0.39 is 11.9 Å². The van der Waals surface area contributed by atoms with Gasteiger partial charge in [-0.05, 0) is 54.5 Å². The zero-order valence-corrected chi connectivity index (χ0v) is 20.8. The number of fused-ring (bicyclic) bond motifs is 1. The highest BCUT2D eigenvalue weighted by molar-refractivity contribution is 6.03. The number of amides is 2. The van der Waals surface area contributed by atoms with Crippen molar-refractivity contribution < 1.29 is 19.1 Å². The second kappa shape index (κ2) is 11.2. The quantitative estimate of drug-likeness (QED) is 0.412. The number of pyridine rings is 2. The van der Waals surface area contributed by atoms with Gasteiger partial charge in [-0.1, -0.05) is 30.2 Å². The van der Waals surface area contributed by atoms with Crippen molar-refractivity contribution in [1.82, 2.24) is 15.3 Å². The minimum absolute atomic E-state index is 0.0575. The summed E-state index contributed by atoms with van der Waals surface area (Å²) in [7, 11) is 1.61. The van der Waals surface area contributed by atoms with Gasteiger partial charge in [0, 0.05) is 24.9 Å². The van der Waals surface area contributed by atoms with Crippen LogP contribution in [0.4, 0.5) is 5.69 Å². The number of nitrogens with zero attached hydrogens (tertiary/aromatic N) is 4. The molecule has 5 rings (SSSR count). The van der Waals surface area contributed by atoms with E-state index in [-0.39, 0.29) is 23.9 Å². The molecule has 0 aliphatic carbocycles. The van der Waals surface area contributed by atoms with Gasteiger partial charge in [0.05, 0.1) is 5.69 Å². The van der Waals surface area contributed by atoms with Crippen LogP contribution in [0.15, 0.2) is 85.1 Å². The fourth-order valence-electron chi connectivity index (χ4n) is 3.84. The van der Waals surface area contributed by atoms with Gasteiger partial charge in [0.25, 0.3) is 11.8 Å². The molecular weight excluding hydrogens is 494 g/mol. The van der Waals surface area contributed by atoms with Crippen molar-refractivity contribution >= 4 is 17.5 Å². The molecule has 0 unspecified atom stereocenters. The summed E-state index contributed by atoms with van der Waals surface area (Å²) in [6.07, 6.45) is 1.47. The van der Waals surface area contributed by atoms with Crippen LogP contribution < -0.4 is 19.7 Å². The van der Waals surface area contributed by atoms with Crippen LogP contribution in [0.1, 0.15) is 27.4 Å². The average molecular weight is 516 g/mol. The van der Waals surface area contributed by atoms with E-state index in [1.807, 2.05) is 24.3 Å². The first-order valence-corrected chi connectivity index (χ1v) is 11.9. The number of hydrogen-bond acceptors (Lipinski definition) is 7. The van der Waals surface area contributed by atoms with E-state index in [0.717, 1.165) is 0 Å². The molecule has 0 spiro atoms. The van der Waals surface area contributed by atoms with Gasteiger partial charge in [0.2, 0.25) is 0 Å². The predicted octanol–water partition coefficient (Wildman–Crippen LogP) is 3.69. The van der Waals surface area contributed by atoms with Gasteiger partial charge in [-0.3, -0.25) is 14.6 Å². The number of benzene rings is 2. The lowest BCUT2D eigenvalue weighted by atomic mass is 10.1. The number of anilines is 1. The summed E-state index contributed by atoms with van der Waals surface area (Å²) in [6, 6.07) is 23.6. The molecule has 9 heteroatoms. The van der Waals surface area contributed by atoms with Crippen LogP contribution in [-0.4, -0.2) is 41.5 Å². The number of ether oxygens (including phenoxy) is 2. The van der Waals surface area contributed by atoms with Crippen LogP contribution in [-0.2, 0) is 4.79 Å². The number of nitriles is 1. The Morgan fingerprint density at radius 3 is 2.67 bits per heavy atom. The Kier molecular flexibility index (Phi) is 7.15. The lowest BCUT2D eigenvalue weighted by Crippen LogP contribution is -2.49. The molecule has 1 atom stereocenters. The van der Waals surface area contributed by atoms with Gasteiger partial charge in [-0.15, -0.1) is 0 Å². The zero-order valence-electron chi connectivity index (χ0n) is 20.8. The molecule has 2 aromatic carbocycles. The van der Waals surface area contributed by atoms with Gasteiger partial charge in [0.1, 0.15) is 53.0 Å². The summed E-state index contributed by atoms with van der Waals surface area (Å²) in [5.41, 5.74) is 1.98. The summed E-state index contributed by atoms with van der Waals surface area (Å²) in [6.45, 7) is -0.0575. The maximum Gasteiger partial charge on any atom is 0.270 e. The number of likely N-dealkylation sites (N-methyl/N-ethyl adjacent to an activating group) is 1. The zero-order chi connectivity index (χ0) is 27.2. The fraction of sp³-hybridized carbons (Fsp3) is 0.100. The smallest absolute Gasteiger partial charge is 0.270 e. The molecule has 4 aromatic rings. The molecular formula is C30H21N5O4. The van der Waals surface area contributed by atoms with E-state index in [1.165, 1.54) is 17.2 Å². The Bertz CT molecular complexity index is 1650. The molecule has 3 heterocycles. The Hall–Kier alpha value is -5.67. The standard InChI is InChI=1S/C30H21N5O4/c1-35-27-16-20(10-12-21-6-5-7-22(18-31)33-21)11-13-28(27)38-19-26(30(35)37)34-29(36)25-17-24(14-15-32-25)39-23-8-3-2-4-9-23/h2-9,11,13-17,26H,19H2,1H3,(H,34,36)/t26-/m0/s1. The number of hydrogen-bond donors (Lipinski definition) is 1. The van der Waals surface area contributed by atoms with E-state index in [0.29, 0.717) is 34.2 Å². The van der Waals surface area contributed by atoms with Crippen molar-refractivity contribution in [2.75, 3.05) is 18.6 Å². The summed E-state index contributed by atoms with van der Waals surface area (Å²) >= 11 is 0. The van der Waals surface area contributed by atoms with Gasteiger partial charge in [0.15, 0.2) is 0 Å². The average Bonchev–Trinajstić information content (AvgIpc) is 3.08. The number of carbonyl (C=O) groups excluding carboxylic acids is 2. The normalized spacial score (nSPS) is 14.0. The molecule has 1 aliphatic heterocycles. The van der Waals surface area contributed by atoms with Crippen molar-refractivity contribution in [2.45, 2.75) is 6.04 Å². The number of carbonyl (C=O) groups is 2. The monoisotopic (exact) mass is 515 g/mol. The molecule has 1 aliphatic rings. The van der Waals surface area contributed by atoms with Crippen LogP contribution in [0.3, 0.4) is 0 Å². The lowest BCUT2D eigenvalue weighted by molar-refractivity contribution is -0.120. The largest absolute Gasteiger partial charge is 0.489 e. The second-order valence-corrected chi connectivity index (χ2v) is 8.48. The molecule has 190 valence electrons. The van der Waals surface area contributed by atoms with Gasteiger partial charge < -0.3 is 19.7 Å². The number of rotatable bonds is 4. The van der Waals surface area contributed by atoms with Gasteiger partial charge in [-0.25, -0.2) is 4.98 Å². The SMILES string of the molecule is CN1C(=O)[C@@H](NC(=O)c2cc(Oc3ccccc3)ccn2)COc2ccc(C#Cc3cccc(C#N)n3)cc21. The lowest BCUT2D eigenvalue weighted by Gasteiger charge is -2.20. The van der Waals surface area contributed by atoms with Crippen molar-refractivity contribution in [3.05, 3.63) is 108 Å². The molecule has 39 heavy (non-hydrogen) atoms. The van der Waals surface area contributed by atoms with E-state index in [4.69, 9.17) is 14.7 Å². The molecule has 2 aromatic heterocycles. The molecule has 2 amide bonds. The van der Waals surface area contributed by atoms with E-state index in [2.05, 4.69) is 27.1 Å². The highest BCUT2D eigenvalue weighted by Crippen LogP contribution is 2.31. The van der Waals surface area contributed by atoms with Crippen LogP contribution in [0.5, 0.6) is 17.2 Å². The van der Waals surface area contributed by atoms with Crippen LogP contribution in [0.25, 0.3) is 0 Å². The minimum atomic E-state index is -0.942. The summed E-state index contributed by atoms with van der Waals surface area (Å²) in [5, 5.41) is 11.7. The fourth-order valence-corrected chi connectivity index (χ4v) is 3.84. The maximum absolute atomic E-state index is 13.3. The van der Waals surface area contributed by atoms with E-state index >= 15 is 0 Å². The van der Waals surface area contributed by atoms with Crippen molar-refractivity contribution in [3.63, 3.8) is 0 Å². The van der Waals surface area contributed by atoms with Crippen molar-refractivity contribution in [1.29, 1.82) is 5.26 Å². The molecule has 0 fully saturated rings. The van der Waals surface area contributed by atoms with Crippen LogP contribution in [0.2, 0.25) is 0 Å². The Morgan fingerprint density at radius 1 is 1.03 bits per heavy atom. The first-order chi connectivity index (χ1) is 19.0. The first-order valence-electron chi connectivity index (χ1n) is 11.9. The van der Waals surface area contributed by atoms with Crippen molar-refractivity contribution in [3.8, 4) is 35.2 Å². The summed E-state index contributed by atoms with van der Waals surface area (Å²) in [5.74, 6) is 6.58. The minimum Gasteiger partial charge on any atom is -0.489 e. The molecule has 1 N–H and O–H groups in total. The van der Waals surface area contributed by atoms with E-state index in [1.54, 1.807) is 61.6 Å². The van der Waals surface area contributed by atoms with Crippen molar-refractivity contribution in [2.24, 2.45) is 0 Å². The number of para-hydroxylation sites is 1. The number of nitrogens with one attached hydrogen (secondary N) is 1. The summed E-state index contributed by atoms with van der Waals surface area (Å²) in [4.78, 5) is 35.9. The Morgan fingerprint density at radius 2 is 1.85 bits per heavy atom. The third kappa shape index (κ3) is 5.85. The second-order valence-electron chi connectivity index (χ2n) is 8.48. The highest BCUT2D eigenvalue weighted by atomic mass is 16.5. The summed E-state index contributed by atoms with van der Waals surface area (Å²) < 4.78 is 11.7. The molecule has 0 radical (unpaired) electrons. The molecule has 0 saturated heterocycles. The molecule has 9 nitrogen and oxygen atoms in total. The predicted molar refractivity (Wildman–Crippen MR) is 142 cm³/mol. The Labute approximate surface area is 224 Å². The first kappa shape index (κ1) is 25.0. The maximum atomic E-state index is 13.3. The van der Waals surface area contributed by atoms with E-state index in [9.17, 15) is 9.59 Å². The molecule has 0 bridgehead atoms. The third-order valence-electron chi connectivity index (χ3n) is 5.80. The highest BCUT2D eigenvalue weighted by Gasteiger charge is 2.31. The van der Waals surface area contributed by atoms with Crippen LogP contribution >= 0.6 is 0 Å².